The van der Waals surface area contributed by atoms with E-state index in [1.165, 1.54) is 10.7 Å². The fraction of sp³-hybridized carbons (Fsp3) is 0.769. The van der Waals surface area contributed by atoms with E-state index in [0.717, 1.165) is 19.7 Å². The summed E-state index contributed by atoms with van der Waals surface area (Å²) in [6.45, 7) is 11.5. The van der Waals surface area contributed by atoms with Crippen molar-refractivity contribution in [3.05, 3.63) is 16.1 Å². The van der Waals surface area contributed by atoms with Gasteiger partial charge in [0.25, 0.3) is 0 Å². The first-order valence-corrected chi connectivity index (χ1v) is 7.13. The van der Waals surface area contributed by atoms with Crippen LogP contribution in [0.3, 0.4) is 0 Å². The molecule has 0 aliphatic heterocycles. The van der Waals surface area contributed by atoms with Gasteiger partial charge in [-0.1, -0.05) is 20.8 Å². The Hall–Kier alpha value is -0.450. The van der Waals surface area contributed by atoms with Crippen molar-refractivity contribution in [3.8, 4) is 0 Å². The van der Waals surface area contributed by atoms with Crippen LogP contribution in [-0.2, 0) is 11.3 Å². The zero-order chi connectivity index (χ0) is 12.8. The first kappa shape index (κ1) is 14.6. The Morgan fingerprint density at radius 3 is 2.59 bits per heavy atom. The second kappa shape index (κ2) is 7.09. The lowest BCUT2D eigenvalue weighted by molar-refractivity contribution is 0.0975. The van der Waals surface area contributed by atoms with Gasteiger partial charge in [0.1, 0.15) is 0 Å². The number of hydrogen-bond donors (Lipinski definition) is 0. The Morgan fingerprint density at radius 1 is 1.41 bits per heavy atom. The largest absolute Gasteiger partial charge is 0.383 e. The maximum atomic E-state index is 5.21. The van der Waals surface area contributed by atoms with Gasteiger partial charge < -0.3 is 4.74 Å². The highest BCUT2D eigenvalue weighted by molar-refractivity contribution is 7.09. The van der Waals surface area contributed by atoms with E-state index in [0.29, 0.717) is 12.0 Å². The summed E-state index contributed by atoms with van der Waals surface area (Å²) in [4.78, 5) is 7.07. The Balaban J connectivity index is 2.60. The van der Waals surface area contributed by atoms with Crippen LogP contribution >= 0.6 is 11.3 Å². The van der Waals surface area contributed by atoms with Crippen LogP contribution in [0.1, 0.15) is 44.3 Å². The Labute approximate surface area is 109 Å². The number of rotatable bonds is 7. The molecule has 0 amide bonds. The molecule has 1 aromatic heterocycles. The molecule has 1 atom stereocenters. The Morgan fingerprint density at radius 2 is 2.12 bits per heavy atom. The molecule has 0 radical (unpaired) electrons. The SMILES string of the molecule is CCN(Cc1csc(C(C)C)n1)[C@@H](C)COC. The van der Waals surface area contributed by atoms with Gasteiger partial charge in [0.15, 0.2) is 0 Å². The molecule has 0 fully saturated rings. The molecule has 3 nitrogen and oxygen atoms in total. The van der Waals surface area contributed by atoms with E-state index >= 15 is 0 Å². The van der Waals surface area contributed by atoms with Gasteiger partial charge in [-0.2, -0.15) is 0 Å². The van der Waals surface area contributed by atoms with Crippen molar-refractivity contribution in [2.45, 2.75) is 46.2 Å². The Kier molecular flexibility index (Phi) is 6.09. The van der Waals surface area contributed by atoms with Crippen molar-refractivity contribution in [2.24, 2.45) is 0 Å². The van der Waals surface area contributed by atoms with Crippen LogP contribution in [0.4, 0.5) is 0 Å². The fourth-order valence-electron chi connectivity index (χ4n) is 1.79. The van der Waals surface area contributed by atoms with Crippen molar-refractivity contribution in [3.63, 3.8) is 0 Å². The highest BCUT2D eigenvalue weighted by atomic mass is 32.1. The third-order valence-electron chi connectivity index (χ3n) is 2.87. The van der Waals surface area contributed by atoms with Crippen LogP contribution in [-0.4, -0.2) is 36.2 Å². The summed E-state index contributed by atoms with van der Waals surface area (Å²) in [6, 6.07) is 0.439. The first-order chi connectivity index (χ1) is 8.08. The summed E-state index contributed by atoms with van der Waals surface area (Å²) < 4.78 is 5.21. The standard InChI is InChI=1S/C13H24N2OS/c1-6-15(11(4)8-16-5)7-12-9-17-13(14-12)10(2)3/h9-11H,6-8H2,1-5H3/t11-/m0/s1. The van der Waals surface area contributed by atoms with Gasteiger partial charge in [-0.25, -0.2) is 4.98 Å². The van der Waals surface area contributed by atoms with E-state index < -0.39 is 0 Å². The molecule has 1 rings (SSSR count). The van der Waals surface area contributed by atoms with Crippen LogP contribution < -0.4 is 0 Å². The number of methoxy groups -OCH3 is 1. The van der Waals surface area contributed by atoms with E-state index in [9.17, 15) is 0 Å². The predicted molar refractivity (Wildman–Crippen MR) is 73.6 cm³/mol. The summed E-state index contributed by atoms with van der Waals surface area (Å²) in [5, 5.41) is 3.41. The molecule has 0 spiro atoms. The average molecular weight is 256 g/mol. The molecule has 0 aromatic carbocycles. The molecule has 0 saturated carbocycles. The van der Waals surface area contributed by atoms with E-state index in [1.807, 2.05) is 0 Å². The van der Waals surface area contributed by atoms with Gasteiger partial charge in [0.2, 0.25) is 0 Å². The summed E-state index contributed by atoms with van der Waals surface area (Å²) in [5.41, 5.74) is 1.18. The summed E-state index contributed by atoms with van der Waals surface area (Å²) in [7, 11) is 1.75. The molecule has 0 saturated heterocycles. The maximum absolute atomic E-state index is 5.21. The molecule has 0 bridgehead atoms. The minimum absolute atomic E-state index is 0.439. The number of hydrogen-bond acceptors (Lipinski definition) is 4. The zero-order valence-electron chi connectivity index (χ0n) is 11.6. The Bertz CT molecular complexity index is 325. The van der Waals surface area contributed by atoms with Gasteiger partial charge in [0.05, 0.1) is 17.3 Å². The van der Waals surface area contributed by atoms with E-state index in [2.05, 4.69) is 43.0 Å². The van der Waals surface area contributed by atoms with Crippen molar-refractivity contribution in [2.75, 3.05) is 20.3 Å². The molecule has 4 heteroatoms. The third-order valence-corrected chi connectivity index (χ3v) is 4.06. The van der Waals surface area contributed by atoms with E-state index in [-0.39, 0.29) is 0 Å². The smallest absolute Gasteiger partial charge is 0.0954 e. The minimum atomic E-state index is 0.439. The third kappa shape index (κ3) is 4.37. The highest BCUT2D eigenvalue weighted by Gasteiger charge is 2.14. The van der Waals surface area contributed by atoms with Crippen LogP contribution in [0.5, 0.6) is 0 Å². The van der Waals surface area contributed by atoms with Crippen LogP contribution in [0, 0.1) is 0 Å². The summed E-state index contributed by atoms with van der Waals surface area (Å²) in [6.07, 6.45) is 0. The zero-order valence-corrected chi connectivity index (χ0v) is 12.4. The van der Waals surface area contributed by atoms with Gasteiger partial charge in [-0.05, 0) is 13.5 Å². The van der Waals surface area contributed by atoms with Crippen LogP contribution in [0.25, 0.3) is 0 Å². The summed E-state index contributed by atoms with van der Waals surface area (Å²) >= 11 is 1.77. The van der Waals surface area contributed by atoms with Crippen molar-refractivity contribution >= 4 is 11.3 Å². The van der Waals surface area contributed by atoms with Crippen molar-refractivity contribution in [1.29, 1.82) is 0 Å². The number of aromatic nitrogens is 1. The molecular weight excluding hydrogens is 232 g/mol. The fourth-order valence-corrected chi connectivity index (χ4v) is 2.62. The van der Waals surface area contributed by atoms with E-state index in [1.54, 1.807) is 18.4 Å². The molecule has 17 heavy (non-hydrogen) atoms. The lowest BCUT2D eigenvalue weighted by atomic mass is 10.2. The highest BCUT2D eigenvalue weighted by Crippen LogP contribution is 2.20. The number of thiazole rings is 1. The predicted octanol–water partition coefficient (Wildman–Crippen LogP) is 3.12. The molecular formula is C13H24N2OS. The summed E-state index contributed by atoms with van der Waals surface area (Å²) in [5.74, 6) is 0.528. The molecule has 0 N–H and O–H groups in total. The maximum Gasteiger partial charge on any atom is 0.0954 e. The average Bonchev–Trinajstić information content (AvgIpc) is 2.74. The molecule has 1 heterocycles. The normalized spacial score (nSPS) is 13.6. The quantitative estimate of drug-likeness (QED) is 0.749. The monoisotopic (exact) mass is 256 g/mol. The molecule has 0 aliphatic carbocycles. The number of nitrogens with zero attached hydrogens (tertiary/aromatic N) is 2. The van der Waals surface area contributed by atoms with Gasteiger partial charge in [-0.15, -0.1) is 11.3 Å². The molecule has 98 valence electrons. The molecule has 0 unspecified atom stereocenters. The van der Waals surface area contributed by atoms with Gasteiger partial charge >= 0.3 is 0 Å². The van der Waals surface area contributed by atoms with Crippen LogP contribution in [0.2, 0.25) is 0 Å². The number of likely N-dealkylation sites (N-methyl/N-ethyl adjacent to an activating group) is 1. The van der Waals surface area contributed by atoms with Crippen molar-refractivity contribution in [1.82, 2.24) is 9.88 Å². The lowest BCUT2D eigenvalue weighted by Gasteiger charge is -2.26. The molecule has 1 aromatic rings. The topological polar surface area (TPSA) is 25.4 Å². The second-order valence-corrected chi connectivity index (χ2v) is 5.59. The lowest BCUT2D eigenvalue weighted by Crippen LogP contribution is -2.35. The van der Waals surface area contributed by atoms with Gasteiger partial charge in [0, 0.05) is 31.0 Å². The number of ether oxygens (including phenoxy) is 1. The van der Waals surface area contributed by atoms with Crippen LogP contribution in [0.15, 0.2) is 5.38 Å². The molecule has 0 aliphatic rings. The minimum Gasteiger partial charge on any atom is -0.383 e. The first-order valence-electron chi connectivity index (χ1n) is 6.25. The van der Waals surface area contributed by atoms with E-state index in [4.69, 9.17) is 4.74 Å². The van der Waals surface area contributed by atoms with Gasteiger partial charge in [-0.3, -0.25) is 4.90 Å². The second-order valence-electron chi connectivity index (χ2n) is 4.70. The van der Waals surface area contributed by atoms with Crippen molar-refractivity contribution < 1.29 is 4.74 Å².